The summed E-state index contributed by atoms with van der Waals surface area (Å²) in [5.41, 5.74) is 0.803. The van der Waals surface area contributed by atoms with Crippen LogP contribution in [0.5, 0.6) is 0 Å². The first kappa shape index (κ1) is 12.5. The average Bonchev–Trinajstić information content (AvgIpc) is 2.88. The Morgan fingerprint density at radius 3 is 2.80 bits per heavy atom. The third kappa shape index (κ3) is 1.82. The molecule has 0 saturated carbocycles. The molecule has 0 radical (unpaired) electrons. The number of rotatable bonds is 1. The van der Waals surface area contributed by atoms with E-state index in [9.17, 15) is 9.32 Å². The second kappa shape index (κ2) is 4.36. The molecule has 0 spiro atoms. The molecule has 2 aromatic heterocycles. The van der Waals surface area contributed by atoms with Crippen LogP contribution in [0.15, 0.2) is 24.7 Å². The number of hydrogen-bond donors (Lipinski definition) is 1. The third-order valence-electron chi connectivity index (χ3n) is 4.67. The van der Waals surface area contributed by atoms with Crippen molar-refractivity contribution in [3.05, 3.63) is 30.2 Å². The van der Waals surface area contributed by atoms with Crippen LogP contribution in [0.3, 0.4) is 0 Å². The lowest BCUT2D eigenvalue weighted by atomic mass is 9.81. The standard InChI is InChI=1S/C14H17N3O2S/c18-14(6-11-2-1-3-12(7-14)20(11)19)10-4-5-13-16-15-9-17(13)8-10/h4-5,8-9,11-12,18H,1-3,6-7H2. The molecule has 0 aliphatic carbocycles. The van der Waals surface area contributed by atoms with Gasteiger partial charge in [0.15, 0.2) is 5.65 Å². The van der Waals surface area contributed by atoms with Crippen LogP contribution < -0.4 is 0 Å². The normalized spacial score (nSPS) is 37.1. The van der Waals surface area contributed by atoms with E-state index in [2.05, 4.69) is 10.2 Å². The minimum Gasteiger partial charge on any atom is -0.385 e. The molecule has 5 nitrogen and oxygen atoms in total. The van der Waals surface area contributed by atoms with Crippen molar-refractivity contribution in [2.45, 2.75) is 48.2 Å². The molecule has 2 aliphatic heterocycles. The summed E-state index contributed by atoms with van der Waals surface area (Å²) in [6, 6.07) is 3.80. The van der Waals surface area contributed by atoms with Gasteiger partial charge in [0.05, 0.1) is 5.60 Å². The predicted molar refractivity (Wildman–Crippen MR) is 75.7 cm³/mol. The maximum Gasteiger partial charge on any atom is 0.160 e. The minimum absolute atomic E-state index is 0.143. The van der Waals surface area contributed by atoms with Crippen molar-refractivity contribution < 1.29 is 9.32 Å². The van der Waals surface area contributed by atoms with Gasteiger partial charge in [0.2, 0.25) is 0 Å². The van der Waals surface area contributed by atoms with Gasteiger partial charge < -0.3 is 5.11 Å². The number of fused-ring (bicyclic) bond motifs is 3. The van der Waals surface area contributed by atoms with E-state index in [4.69, 9.17) is 0 Å². The Balaban J connectivity index is 1.74. The summed E-state index contributed by atoms with van der Waals surface area (Å²) in [6.45, 7) is 0. The fourth-order valence-electron chi connectivity index (χ4n) is 3.62. The van der Waals surface area contributed by atoms with E-state index in [-0.39, 0.29) is 10.5 Å². The first-order valence-corrected chi connectivity index (χ1v) is 8.35. The number of pyridine rings is 1. The molecule has 2 aliphatic rings. The summed E-state index contributed by atoms with van der Waals surface area (Å²) in [5, 5.41) is 19.2. The summed E-state index contributed by atoms with van der Waals surface area (Å²) >= 11 is 0. The van der Waals surface area contributed by atoms with Gasteiger partial charge in [-0.05, 0) is 31.7 Å². The molecule has 2 fully saturated rings. The summed E-state index contributed by atoms with van der Waals surface area (Å²) < 4.78 is 14.1. The Labute approximate surface area is 119 Å². The van der Waals surface area contributed by atoms with Gasteiger partial charge in [-0.25, -0.2) is 0 Å². The fraction of sp³-hybridized carbons (Fsp3) is 0.571. The first-order chi connectivity index (χ1) is 9.66. The Morgan fingerprint density at radius 2 is 2.05 bits per heavy atom. The van der Waals surface area contributed by atoms with Gasteiger partial charge >= 0.3 is 0 Å². The zero-order valence-corrected chi connectivity index (χ0v) is 11.9. The lowest BCUT2D eigenvalue weighted by molar-refractivity contribution is 0.00618. The summed E-state index contributed by atoms with van der Waals surface area (Å²) in [4.78, 5) is 0. The van der Waals surface area contributed by atoms with Gasteiger partial charge in [0.25, 0.3) is 0 Å². The van der Waals surface area contributed by atoms with E-state index in [0.29, 0.717) is 12.8 Å². The molecule has 20 heavy (non-hydrogen) atoms. The van der Waals surface area contributed by atoms with E-state index in [0.717, 1.165) is 30.5 Å². The zero-order chi connectivity index (χ0) is 13.7. The zero-order valence-electron chi connectivity index (χ0n) is 11.1. The monoisotopic (exact) mass is 291 g/mol. The molecule has 2 saturated heterocycles. The molecule has 106 valence electrons. The molecule has 0 aromatic carbocycles. The van der Waals surface area contributed by atoms with E-state index < -0.39 is 16.4 Å². The van der Waals surface area contributed by atoms with Crippen molar-refractivity contribution in [2.75, 3.05) is 0 Å². The molecular formula is C14H17N3O2S. The van der Waals surface area contributed by atoms with Crippen molar-refractivity contribution in [3.63, 3.8) is 0 Å². The van der Waals surface area contributed by atoms with Crippen LogP contribution in [0, 0.1) is 0 Å². The Morgan fingerprint density at radius 1 is 1.30 bits per heavy atom. The number of aliphatic hydroxyl groups is 1. The largest absolute Gasteiger partial charge is 0.385 e. The molecule has 2 aromatic rings. The van der Waals surface area contributed by atoms with Gasteiger partial charge in [0, 0.05) is 33.1 Å². The second-order valence-electron chi connectivity index (χ2n) is 5.96. The maximum absolute atomic E-state index is 12.3. The molecule has 4 heterocycles. The Bertz CT molecular complexity index is 668. The van der Waals surface area contributed by atoms with Gasteiger partial charge in [-0.3, -0.25) is 8.61 Å². The van der Waals surface area contributed by atoms with Crippen molar-refractivity contribution in [3.8, 4) is 0 Å². The van der Waals surface area contributed by atoms with E-state index >= 15 is 0 Å². The molecule has 1 N–H and O–H groups in total. The smallest absolute Gasteiger partial charge is 0.160 e. The number of nitrogens with zero attached hydrogens (tertiary/aromatic N) is 3. The van der Waals surface area contributed by atoms with Crippen LogP contribution in [-0.2, 0) is 16.4 Å². The highest BCUT2D eigenvalue weighted by molar-refractivity contribution is 7.86. The predicted octanol–water partition coefficient (Wildman–Crippen LogP) is 1.38. The average molecular weight is 291 g/mol. The first-order valence-electron chi connectivity index (χ1n) is 7.07. The van der Waals surface area contributed by atoms with Crippen LogP contribution in [0.4, 0.5) is 0 Å². The van der Waals surface area contributed by atoms with Crippen LogP contribution in [0.25, 0.3) is 5.65 Å². The Kier molecular flexibility index (Phi) is 2.72. The fourth-order valence-corrected chi connectivity index (χ4v) is 5.84. The summed E-state index contributed by atoms with van der Waals surface area (Å²) in [5.74, 6) is 0. The molecule has 2 bridgehead atoms. The number of aromatic nitrogens is 3. The number of hydrogen-bond acceptors (Lipinski definition) is 4. The Hall–Kier alpha value is -1.27. The molecule has 2 unspecified atom stereocenters. The van der Waals surface area contributed by atoms with E-state index in [1.807, 2.05) is 22.7 Å². The van der Waals surface area contributed by atoms with Gasteiger partial charge in [0.1, 0.15) is 6.33 Å². The van der Waals surface area contributed by atoms with Crippen molar-refractivity contribution in [2.24, 2.45) is 0 Å². The van der Waals surface area contributed by atoms with Crippen molar-refractivity contribution in [1.82, 2.24) is 14.6 Å². The molecule has 6 heteroatoms. The summed E-state index contributed by atoms with van der Waals surface area (Å²) in [7, 11) is -0.767. The highest BCUT2D eigenvalue weighted by Crippen LogP contribution is 2.44. The van der Waals surface area contributed by atoms with Crippen molar-refractivity contribution in [1.29, 1.82) is 0 Å². The van der Waals surface area contributed by atoms with Gasteiger partial charge in [-0.15, -0.1) is 10.2 Å². The van der Waals surface area contributed by atoms with Crippen LogP contribution >= 0.6 is 0 Å². The quantitative estimate of drug-likeness (QED) is 0.862. The van der Waals surface area contributed by atoms with E-state index in [1.165, 1.54) is 0 Å². The van der Waals surface area contributed by atoms with Gasteiger partial charge in [-0.1, -0.05) is 12.5 Å². The molecule has 4 rings (SSSR count). The van der Waals surface area contributed by atoms with Gasteiger partial charge in [-0.2, -0.15) is 0 Å². The van der Waals surface area contributed by atoms with E-state index in [1.54, 1.807) is 6.33 Å². The SMILES string of the molecule is O=S1C2CCCC1CC(O)(c1ccc3nncn3c1)C2. The topological polar surface area (TPSA) is 67.5 Å². The lowest BCUT2D eigenvalue weighted by Crippen LogP contribution is -2.47. The van der Waals surface area contributed by atoms with Crippen LogP contribution in [0.1, 0.15) is 37.7 Å². The highest BCUT2D eigenvalue weighted by atomic mass is 32.2. The van der Waals surface area contributed by atoms with Crippen molar-refractivity contribution >= 4 is 16.4 Å². The van der Waals surface area contributed by atoms with Crippen LogP contribution in [0.2, 0.25) is 0 Å². The minimum atomic E-state index is -0.859. The molecule has 0 amide bonds. The molecule has 2 atom stereocenters. The lowest BCUT2D eigenvalue weighted by Gasteiger charge is -2.43. The summed E-state index contributed by atoms with van der Waals surface area (Å²) in [6.07, 6.45) is 7.83. The second-order valence-corrected chi connectivity index (χ2v) is 7.95. The molecular weight excluding hydrogens is 274 g/mol. The maximum atomic E-state index is 12.3. The van der Waals surface area contributed by atoms with Crippen LogP contribution in [-0.4, -0.2) is 34.4 Å². The highest BCUT2D eigenvalue weighted by Gasteiger charge is 2.46. The third-order valence-corrected chi connectivity index (χ3v) is 6.79.